The summed E-state index contributed by atoms with van der Waals surface area (Å²) in [5.74, 6) is -0.226. The number of hydrogen-bond acceptors (Lipinski definition) is 7. The Bertz CT molecular complexity index is 1350. The van der Waals surface area contributed by atoms with Crippen LogP contribution in [0.2, 0.25) is 0 Å². The third-order valence-electron chi connectivity index (χ3n) is 6.45. The lowest BCUT2D eigenvalue weighted by Crippen LogP contribution is -2.53. The van der Waals surface area contributed by atoms with E-state index in [1.54, 1.807) is 16.7 Å². The molecule has 4 aromatic rings. The van der Waals surface area contributed by atoms with Crippen LogP contribution in [0.5, 0.6) is 0 Å². The largest absolute Gasteiger partial charge is 0.445 e. The van der Waals surface area contributed by atoms with Crippen LogP contribution >= 0.6 is 22.7 Å². The maximum Gasteiger partial charge on any atom is 0.407 e. The molecular formula is C28H28N4O3S2. The number of alkyl carbamates (subject to hydrolysis) is 1. The zero-order valence-electron chi connectivity index (χ0n) is 20.5. The number of thiophene rings is 1. The summed E-state index contributed by atoms with van der Waals surface area (Å²) in [4.78, 5) is 33.2. The molecule has 2 aromatic heterocycles. The summed E-state index contributed by atoms with van der Waals surface area (Å²) >= 11 is 3.08. The monoisotopic (exact) mass is 532 g/mol. The number of thiazole rings is 1. The molecule has 3 heterocycles. The number of rotatable bonds is 7. The van der Waals surface area contributed by atoms with E-state index in [-0.39, 0.29) is 18.1 Å². The van der Waals surface area contributed by atoms with Crippen molar-refractivity contribution in [2.24, 2.45) is 0 Å². The number of ether oxygens (including phenoxy) is 1. The molecule has 2 N–H and O–H groups in total. The number of para-hydroxylation sites is 2. The Morgan fingerprint density at radius 2 is 1.76 bits per heavy atom. The Morgan fingerprint density at radius 1 is 1.00 bits per heavy atom. The van der Waals surface area contributed by atoms with Gasteiger partial charge < -0.3 is 20.3 Å². The number of benzene rings is 2. The van der Waals surface area contributed by atoms with E-state index < -0.39 is 6.09 Å². The highest BCUT2D eigenvalue weighted by Gasteiger charge is 2.33. The van der Waals surface area contributed by atoms with Crippen molar-refractivity contribution in [2.75, 3.05) is 23.3 Å². The van der Waals surface area contributed by atoms with Gasteiger partial charge >= 0.3 is 6.09 Å². The lowest BCUT2D eigenvalue weighted by molar-refractivity contribution is 0.102. The molecule has 7 nitrogen and oxygen atoms in total. The summed E-state index contributed by atoms with van der Waals surface area (Å²) in [6.45, 7) is 3.77. The quantitative estimate of drug-likeness (QED) is 0.287. The number of piperidine rings is 1. The Labute approximate surface area is 224 Å². The van der Waals surface area contributed by atoms with Crippen molar-refractivity contribution in [3.8, 4) is 9.88 Å². The van der Waals surface area contributed by atoms with Gasteiger partial charge in [-0.2, -0.15) is 0 Å². The van der Waals surface area contributed by atoms with Crippen molar-refractivity contribution in [3.05, 3.63) is 88.7 Å². The van der Waals surface area contributed by atoms with Gasteiger partial charge in [0.05, 0.1) is 16.3 Å². The summed E-state index contributed by atoms with van der Waals surface area (Å²) in [6, 6.07) is 21.4. The molecule has 0 radical (unpaired) electrons. The Kier molecular flexibility index (Phi) is 7.52. The fourth-order valence-corrected chi connectivity index (χ4v) is 5.92. The molecule has 1 saturated heterocycles. The van der Waals surface area contributed by atoms with Gasteiger partial charge in [0.25, 0.3) is 5.91 Å². The van der Waals surface area contributed by atoms with Crippen molar-refractivity contribution < 1.29 is 14.3 Å². The normalized spacial score (nSPS) is 14.7. The second kappa shape index (κ2) is 11.1. The van der Waals surface area contributed by atoms with Crippen molar-refractivity contribution in [1.29, 1.82) is 0 Å². The molecule has 5 rings (SSSR count). The van der Waals surface area contributed by atoms with Gasteiger partial charge in [-0.1, -0.05) is 48.5 Å². The highest BCUT2D eigenvalue weighted by Crippen LogP contribution is 2.32. The van der Waals surface area contributed by atoms with E-state index in [4.69, 9.17) is 4.74 Å². The average molecular weight is 533 g/mol. The molecule has 1 fully saturated rings. The van der Waals surface area contributed by atoms with E-state index in [0.717, 1.165) is 52.8 Å². The van der Waals surface area contributed by atoms with Crippen molar-refractivity contribution in [1.82, 2.24) is 10.3 Å². The minimum atomic E-state index is -0.405. The smallest absolute Gasteiger partial charge is 0.407 e. The molecule has 0 bridgehead atoms. The molecule has 0 atom stereocenters. The first-order chi connectivity index (χ1) is 18.0. The molecule has 9 heteroatoms. The van der Waals surface area contributed by atoms with Gasteiger partial charge in [-0.25, -0.2) is 9.78 Å². The topological polar surface area (TPSA) is 83.6 Å². The lowest BCUT2D eigenvalue weighted by Gasteiger charge is -2.41. The fraction of sp³-hybridized carbons (Fsp3) is 0.250. The van der Waals surface area contributed by atoms with Gasteiger partial charge in [-0.05, 0) is 48.9 Å². The van der Waals surface area contributed by atoms with E-state index in [1.165, 1.54) is 11.3 Å². The fourth-order valence-electron chi connectivity index (χ4n) is 4.30. The lowest BCUT2D eigenvalue weighted by atomic mass is 9.89. The van der Waals surface area contributed by atoms with Gasteiger partial charge in [-0.15, -0.1) is 22.7 Å². The molecule has 0 unspecified atom stereocenters. The van der Waals surface area contributed by atoms with Gasteiger partial charge in [0, 0.05) is 24.0 Å². The van der Waals surface area contributed by atoms with Crippen LogP contribution in [0.4, 0.5) is 16.2 Å². The number of hydrogen-bond donors (Lipinski definition) is 2. The van der Waals surface area contributed by atoms with Gasteiger partial charge in [0.1, 0.15) is 17.3 Å². The minimum Gasteiger partial charge on any atom is -0.445 e. The Hall–Kier alpha value is -3.69. The van der Waals surface area contributed by atoms with E-state index >= 15 is 0 Å². The first kappa shape index (κ1) is 25.0. The number of carbonyl (C=O) groups is 2. The maximum absolute atomic E-state index is 13.0. The molecule has 2 aromatic carbocycles. The number of nitrogens with zero attached hydrogens (tertiary/aromatic N) is 2. The SMILES string of the molecule is CC1(NC(=O)OCc2ccccc2)CCN(c2ccccc2NC(=O)c2csc(-c3cccs3)n2)CC1. The van der Waals surface area contributed by atoms with Gasteiger partial charge in [0.2, 0.25) is 0 Å². The first-order valence-corrected chi connectivity index (χ1v) is 13.9. The summed E-state index contributed by atoms with van der Waals surface area (Å²) in [5.41, 5.74) is 2.71. The van der Waals surface area contributed by atoms with E-state index in [2.05, 4.69) is 27.4 Å². The number of aromatic nitrogens is 1. The molecule has 1 aliphatic heterocycles. The summed E-state index contributed by atoms with van der Waals surface area (Å²) in [5, 5.41) is 10.7. The van der Waals surface area contributed by atoms with Crippen LogP contribution in [0, 0.1) is 0 Å². The summed E-state index contributed by atoms with van der Waals surface area (Å²) in [7, 11) is 0. The standard InChI is InChI=1S/C28H28N4O3S2/c1-28(31-27(34)35-18-20-8-3-2-4-9-20)13-15-32(16-14-28)23-11-6-5-10-21(23)29-25(33)22-19-37-26(30-22)24-12-7-17-36-24/h2-12,17,19H,13-16,18H2,1H3,(H,29,33)(H,31,34). The summed E-state index contributed by atoms with van der Waals surface area (Å²) in [6.07, 6.45) is 1.11. The number of carbonyl (C=O) groups excluding carboxylic acids is 2. The number of amides is 2. The zero-order valence-corrected chi connectivity index (χ0v) is 22.1. The predicted molar refractivity (Wildman–Crippen MR) is 149 cm³/mol. The predicted octanol–water partition coefficient (Wildman–Crippen LogP) is 6.41. The molecule has 37 heavy (non-hydrogen) atoms. The maximum atomic E-state index is 13.0. The molecule has 1 aliphatic rings. The van der Waals surface area contributed by atoms with Crippen LogP contribution in [-0.4, -0.2) is 35.6 Å². The van der Waals surface area contributed by atoms with E-state index in [1.807, 2.05) is 72.1 Å². The van der Waals surface area contributed by atoms with Crippen LogP contribution in [0.25, 0.3) is 9.88 Å². The first-order valence-electron chi connectivity index (χ1n) is 12.1. The van der Waals surface area contributed by atoms with E-state index in [0.29, 0.717) is 5.69 Å². The minimum absolute atomic E-state index is 0.226. The van der Waals surface area contributed by atoms with Crippen molar-refractivity contribution in [3.63, 3.8) is 0 Å². The van der Waals surface area contributed by atoms with Crippen LogP contribution in [0.15, 0.2) is 77.5 Å². The average Bonchev–Trinajstić information content (AvgIpc) is 3.62. The van der Waals surface area contributed by atoms with Crippen LogP contribution < -0.4 is 15.5 Å². The second-order valence-electron chi connectivity index (χ2n) is 9.22. The molecular weight excluding hydrogens is 504 g/mol. The molecule has 2 amide bonds. The zero-order chi connectivity index (χ0) is 25.7. The van der Waals surface area contributed by atoms with Gasteiger partial charge in [-0.3, -0.25) is 4.79 Å². The second-order valence-corrected chi connectivity index (χ2v) is 11.0. The summed E-state index contributed by atoms with van der Waals surface area (Å²) < 4.78 is 5.42. The Balaban J connectivity index is 1.18. The van der Waals surface area contributed by atoms with Crippen LogP contribution in [-0.2, 0) is 11.3 Å². The molecule has 0 saturated carbocycles. The van der Waals surface area contributed by atoms with Crippen molar-refractivity contribution in [2.45, 2.75) is 31.9 Å². The highest BCUT2D eigenvalue weighted by molar-refractivity contribution is 7.20. The Morgan fingerprint density at radius 3 is 2.51 bits per heavy atom. The molecule has 190 valence electrons. The van der Waals surface area contributed by atoms with Crippen LogP contribution in [0.1, 0.15) is 35.8 Å². The highest BCUT2D eigenvalue weighted by atomic mass is 32.1. The number of anilines is 2. The third-order valence-corrected chi connectivity index (χ3v) is 8.33. The van der Waals surface area contributed by atoms with E-state index in [9.17, 15) is 9.59 Å². The molecule has 0 spiro atoms. The number of nitrogens with one attached hydrogen (secondary N) is 2. The van der Waals surface area contributed by atoms with Crippen molar-refractivity contribution >= 4 is 46.0 Å². The van der Waals surface area contributed by atoms with Crippen LogP contribution in [0.3, 0.4) is 0 Å². The van der Waals surface area contributed by atoms with Gasteiger partial charge in [0.15, 0.2) is 0 Å². The third kappa shape index (κ3) is 6.18. The molecule has 0 aliphatic carbocycles.